The molecule has 1 heteroatoms. The topological polar surface area (TPSA) is 17.1 Å². The molecule has 0 saturated carbocycles. The SMILES string of the molecule is CCC=CCC=CCCCCCCCCC=O. The largest absolute Gasteiger partial charge is 0.303 e. The predicted molar refractivity (Wildman–Crippen MR) is 76.2 cm³/mol. The first kappa shape index (κ1) is 16.1. The van der Waals surface area contributed by atoms with E-state index in [0.29, 0.717) is 0 Å². The van der Waals surface area contributed by atoms with Gasteiger partial charge in [0.05, 0.1) is 0 Å². The van der Waals surface area contributed by atoms with Gasteiger partial charge in [-0.15, -0.1) is 0 Å². The molecule has 0 rings (SSSR count). The van der Waals surface area contributed by atoms with E-state index in [2.05, 4.69) is 31.2 Å². The van der Waals surface area contributed by atoms with Gasteiger partial charge in [-0.05, 0) is 32.1 Å². The van der Waals surface area contributed by atoms with Gasteiger partial charge in [0, 0.05) is 6.42 Å². The standard InChI is InChI=1S/C16H28O/c1-2-3-4-5-6-7-8-9-10-11-12-13-14-15-16-17/h3-4,6-7,16H,2,5,8-15H2,1H3. The first-order valence-corrected chi connectivity index (χ1v) is 7.15. The minimum Gasteiger partial charge on any atom is -0.303 e. The van der Waals surface area contributed by atoms with Crippen molar-refractivity contribution in [1.29, 1.82) is 0 Å². The van der Waals surface area contributed by atoms with Crippen LogP contribution in [0.25, 0.3) is 0 Å². The second kappa shape index (κ2) is 15.1. The normalized spacial score (nSPS) is 11.6. The van der Waals surface area contributed by atoms with Crippen molar-refractivity contribution in [2.75, 3.05) is 0 Å². The highest BCUT2D eigenvalue weighted by molar-refractivity contribution is 5.48. The lowest BCUT2D eigenvalue weighted by atomic mass is 10.1. The molecule has 0 aliphatic heterocycles. The Kier molecular flexibility index (Phi) is 14.4. The number of unbranched alkanes of at least 4 members (excludes halogenated alkanes) is 7. The minimum atomic E-state index is 0.744. The van der Waals surface area contributed by atoms with Crippen molar-refractivity contribution in [2.45, 2.75) is 71.1 Å². The molecule has 98 valence electrons. The van der Waals surface area contributed by atoms with Crippen molar-refractivity contribution in [3.05, 3.63) is 24.3 Å². The van der Waals surface area contributed by atoms with Crippen molar-refractivity contribution in [1.82, 2.24) is 0 Å². The van der Waals surface area contributed by atoms with E-state index in [0.717, 1.165) is 32.0 Å². The summed E-state index contributed by atoms with van der Waals surface area (Å²) in [5.74, 6) is 0. The molecule has 0 aromatic rings. The van der Waals surface area contributed by atoms with Gasteiger partial charge in [0.15, 0.2) is 0 Å². The van der Waals surface area contributed by atoms with Crippen molar-refractivity contribution in [3.63, 3.8) is 0 Å². The van der Waals surface area contributed by atoms with Gasteiger partial charge in [-0.2, -0.15) is 0 Å². The molecule has 0 saturated heterocycles. The van der Waals surface area contributed by atoms with Crippen LogP contribution in [-0.4, -0.2) is 6.29 Å². The molecule has 0 N–H and O–H groups in total. The summed E-state index contributed by atoms with van der Waals surface area (Å²) >= 11 is 0. The Bertz CT molecular complexity index is 204. The monoisotopic (exact) mass is 236 g/mol. The van der Waals surface area contributed by atoms with Gasteiger partial charge < -0.3 is 4.79 Å². The fourth-order valence-corrected chi connectivity index (χ4v) is 1.75. The van der Waals surface area contributed by atoms with E-state index in [1.807, 2.05) is 0 Å². The van der Waals surface area contributed by atoms with Gasteiger partial charge in [0.2, 0.25) is 0 Å². The first-order chi connectivity index (χ1) is 8.41. The third-order valence-corrected chi connectivity index (χ3v) is 2.78. The van der Waals surface area contributed by atoms with Crippen molar-refractivity contribution in [2.24, 2.45) is 0 Å². The van der Waals surface area contributed by atoms with E-state index < -0.39 is 0 Å². The molecule has 0 aliphatic carbocycles. The van der Waals surface area contributed by atoms with Crippen molar-refractivity contribution in [3.8, 4) is 0 Å². The summed E-state index contributed by atoms with van der Waals surface area (Å²) in [6.45, 7) is 2.16. The van der Waals surface area contributed by atoms with E-state index in [1.165, 1.54) is 38.5 Å². The van der Waals surface area contributed by atoms with Crippen LogP contribution in [0.1, 0.15) is 71.1 Å². The van der Waals surface area contributed by atoms with E-state index in [9.17, 15) is 4.79 Å². The molecule has 1 nitrogen and oxygen atoms in total. The molecule has 0 aromatic carbocycles. The summed E-state index contributed by atoms with van der Waals surface area (Å²) in [5.41, 5.74) is 0. The molecule has 0 bridgehead atoms. The molecule has 0 unspecified atom stereocenters. The highest BCUT2D eigenvalue weighted by Crippen LogP contribution is 2.08. The third-order valence-electron chi connectivity index (χ3n) is 2.78. The maximum atomic E-state index is 10.1. The molecule has 17 heavy (non-hydrogen) atoms. The fraction of sp³-hybridized carbons (Fsp3) is 0.688. The molecule has 0 aromatic heterocycles. The second-order valence-electron chi connectivity index (χ2n) is 4.45. The smallest absolute Gasteiger partial charge is 0.119 e. The summed E-state index contributed by atoms with van der Waals surface area (Å²) in [5, 5.41) is 0. The van der Waals surface area contributed by atoms with Gasteiger partial charge in [-0.3, -0.25) is 0 Å². The predicted octanol–water partition coefficient (Wildman–Crippen LogP) is 5.22. The van der Waals surface area contributed by atoms with Crippen LogP contribution in [0, 0.1) is 0 Å². The summed E-state index contributed by atoms with van der Waals surface area (Å²) in [6, 6.07) is 0. The van der Waals surface area contributed by atoms with Crippen LogP contribution >= 0.6 is 0 Å². The molecule has 0 spiro atoms. The molecule has 0 heterocycles. The van der Waals surface area contributed by atoms with Crippen LogP contribution in [0.15, 0.2) is 24.3 Å². The number of aldehydes is 1. The molecular formula is C16H28O. The fourth-order valence-electron chi connectivity index (χ4n) is 1.75. The molecule has 0 fully saturated rings. The van der Waals surface area contributed by atoms with Gasteiger partial charge in [-0.1, -0.05) is 56.9 Å². The van der Waals surface area contributed by atoms with Gasteiger partial charge in [0.25, 0.3) is 0 Å². The van der Waals surface area contributed by atoms with Gasteiger partial charge in [0.1, 0.15) is 6.29 Å². The quantitative estimate of drug-likeness (QED) is 0.258. The molecular weight excluding hydrogens is 208 g/mol. The Labute approximate surface area is 107 Å². The minimum absolute atomic E-state index is 0.744. The van der Waals surface area contributed by atoms with Crippen molar-refractivity contribution >= 4 is 6.29 Å². The zero-order chi connectivity index (χ0) is 12.6. The number of carbonyl (C=O) groups is 1. The van der Waals surface area contributed by atoms with Gasteiger partial charge >= 0.3 is 0 Å². The second-order valence-corrected chi connectivity index (χ2v) is 4.45. The van der Waals surface area contributed by atoms with E-state index in [4.69, 9.17) is 0 Å². The first-order valence-electron chi connectivity index (χ1n) is 7.15. The summed E-state index contributed by atoms with van der Waals surface area (Å²) in [4.78, 5) is 10.1. The Morgan fingerprint density at radius 3 is 1.94 bits per heavy atom. The average molecular weight is 236 g/mol. The highest BCUT2D eigenvalue weighted by Gasteiger charge is 1.90. The lowest BCUT2D eigenvalue weighted by molar-refractivity contribution is -0.107. The Morgan fingerprint density at radius 1 is 0.706 bits per heavy atom. The van der Waals surface area contributed by atoms with Crippen LogP contribution in [0.5, 0.6) is 0 Å². The van der Waals surface area contributed by atoms with Crippen molar-refractivity contribution < 1.29 is 4.79 Å². The third kappa shape index (κ3) is 15.1. The molecule has 0 amide bonds. The maximum Gasteiger partial charge on any atom is 0.119 e. The number of carbonyl (C=O) groups excluding carboxylic acids is 1. The van der Waals surface area contributed by atoms with Crippen LogP contribution in [0.3, 0.4) is 0 Å². The highest BCUT2D eigenvalue weighted by atomic mass is 16.1. The number of rotatable bonds is 12. The van der Waals surface area contributed by atoms with Crippen LogP contribution in [0.2, 0.25) is 0 Å². The average Bonchev–Trinajstić information content (AvgIpc) is 2.35. The Balaban J connectivity index is 3.07. The Morgan fingerprint density at radius 2 is 1.29 bits per heavy atom. The number of hydrogen-bond donors (Lipinski definition) is 0. The summed E-state index contributed by atoms with van der Waals surface area (Å²) < 4.78 is 0. The lowest BCUT2D eigenvalue weighted by Gasteiger charge is -1.98. The maximum absolute atomic E-state index is 10.1. The van der Waals surface area contributed by atoms with Gasteiger partial charge in [-0.25, -0.2) is 0 Å². The molecule has 0 radical (unpaired) electrons. The zero-order valence-corrected chi connectivity index (χ0v) is 11.4. The van der Waals surface area contributed by atoms with E-state index in [-0.39, 0.29) is 0 Å². The van der Waals surface area contributed by atoms with Crippen LogP contribution in [0.4, 0.5) is 0 Å². The van der Waals surface area contributed by atoms with Crippen LogP contribution < -0.4 is 0 Å². The molecule has 0 aliphatic rings. The molecule has 0 atom stereocenters. The zero-order valence-electron chi connectivity index (χ0n) is 11.4. The summed E-state index contributed by atoms with van der Waals surface area (Å²) in [6.07, 6.45) is 21.7. The number of hydrogen-bond acceptors (Lipinski definition) is 1. The van der Waals surface area contributed by atoms with E-state index in [1.54, 1.807) is 0 Å². The summed E-state index contributed by atoms with van der Waals surface area (Å²) in [7, 11) is 0. The van der Waals surface area contributed by atoms with Crippen LogP contribution in [-0.2, 0) is 4.79 Å². The Hall–Kier alpha value is -0.850. The number of allylic oxidation sites excluding steroid dienone is 4. The lowest BCUT2D eigenvalue weighted by Crippen LogP contribution is -1.80. The van der Waals surface area contributed by atoms with E-state index >= 15 is 0 Å².